The Hall–Kier alpha value is -2.23. The summed E-state index contributed by atoms with van der Waals surface area (Å²) in [5.74, 6) is 5.77. The Balaban J connectivity index is 1.99. The minimum atomic E-state index is 0.0744. The van der Waals surface area contributed by atoms with Crippen molar-refractivity contribution in [3.8, 4) is 0 Å². The molecule has 100 valence electrons. The molecule has 0 saturated carbocycles. The minimum Gasteiger partial charge on any atom is -0.271 e. The predicted octanol–water partition coefficient (Wildman–Crippen LogP) is 2.98. The molecule has 0 radical (unpaired) electrons. The standard InChI is InChI=1S/C17H17N3/c18-20-17(12-13-6-2-1-3-7-13)15-10-11-19-16-9-5-4-8-14(15)16/h1-11,17,20H,12,18H2. The Bertz CT molecular complexity index is 689. The van der Waals surface area contributed by atoms with Crippen molar-refractivity contribution < 1.29 is 0 Å². The molecule has 1 aromatic heterocycles. The first-order chi connectivity index (χ1) is 9.88. The molecule has 1 heterocycles. The molecular weight excluding hydrogens is 246 g/mol. The highest BCUT2D eigenvalue weighted by Gasteiger charge is 2.13. The van der Waals surface area contributed by atoms with Crippen LogP contribution in [0.15, 0.2) is 66.9 Å². The van der Waals surface area contributed by atoms with Crippen molar-refractivity contribution in [1.29, 1.82) is 0 Å². The molecule has 3 rings (SSSR count). The molecule has 1 unspecified atom stereocenters. The molecule has 3 aromatic rings. The molecule has 0 aliphatic rings. The summed E-state index contributed by atoms with van der Waals surface area (Å²) in [6.07, 6.45) is 2.69. The summed E-state index contributed by atoms with van der Waals surface area (Å²) in [6, 6.07) is 20.6. The molecule has 3 nitrogen and oxygen atoms in total. The molecule has 3 N–H and O–H groups in total. The summed E-state index contributed by atoms with van der Waals surface area (Å²) in [7, 11) is 0. The van der Waals surface area contributed by atoms with Crippen molar-refractivity contribution >= 4 is 10.9 Å². The lowest BCUT2D eigenvalue weighted by Gasteiger charge is -2.18. The Morgan fingerprint density at radius 2 is 1.70 bits per heavy atom. The number of rotatable bonds is 4. The first kappa shape index (κ1) is 12.8. The molecule has 1 atom stereocenters. The lowest BCUT2D eigenvalue weighted by Crippen LogP contribution is -2.29. The number of nitrogens with zero attached hydrogens (tertiary/aromatic N) is 1. The molecule has 0 fully saturated rings. The highest BCUT2D eigenvalue weighted by atomic mass is 15.2. The van der Waals surface area contributed by atoms with E-state index in [9.17, 15) is 0 Å². The number of pyridine rings is 1. The zero-order chi connectivity index (χ0) is 13.8. The van der Waals surface area contributed by atoms with Crippen LogP contribution in [0.2, 0.25) is 0 Å². The maximum atomic E-state index is 5.77. The second kappa shape index (κ2) is 5.82. The smallest absolute Gasteiger partial charge is 0.0705 e. The quantitative estimate of drug-likeness (QED) is 0.562. The van der Waals surface area contributed by atoms with E-state index in [1.807, 2.05) is 48.7 Å². The van der Waals surface area contributed by atoms with Crippen LogP contribution in [0.3, 0.4) is 0 Å². The molecule has 20 heavy (non-hydrogen) atoms. The van der Waals surface area contributed by atoms with E-state index in [0.29, 0.717) is 0 Å². The van der Waals surface area contributed by atoms with Crippen LogP contribution in [0, 0.1) is 0 Å². The third kappa shape index (κ3) is 2.54. The zero-order valence-corrected chi connectivity index (χ0v) is 11.2. The molecular formula is C17H17N3. The van der Waals surface area contributed by atoms with Gasteiger partial charge in [0, 0.05) is 11.6 Å². The molecule has 0 spiro atoms. The third-order valence-corrected chi connectivity index (χ3v) is 3.54. The fraction of sp³-hybridized carbons (Fsp3) is 0.118. The fourth-order valence-corrected chi connectivity index (χ4v) is 2.53. The molecule has 0 amide bonds. The van der Waals surface area contributed by atoms with Gasteiger partial charge in [0.1, 0.15) is 0 Å². The largest absolute Gasteiger partial charge is 0.271 e. The van der Waals surface area contributed by atoms with Crippen LogP contribution in [0.4, 0.5) is 0 Å². The average molecular weight is 263 g/mol. The van der Waals surface area contributed by atoms with E-state index in [0.717, 1.165) is 17.3 Å². The lowest BCUT2D eigenvalue weighted by molar-refractivity contribution is 0.555. The van der Waals surface area contributed by atoms with E-state index in [4.69, 9.17) is 5.84 Å². The van der Waals surface area contributed by atoms with Crippen LogP contribution in [-0.2, 0) is 6.42 Å². The second-order valence-corrected chi connectivity index (χ2v) is 4.83. The van der Waals surface area contributed by atoms with Gasteiger partial charge in [-0.1, -0.05) is 48.5 Å². The van der Waals surface area contributed by atoms with Crippen LogP contribution in [0.1, 0.15) is 17.2 Å². The van der Waals surface area contributed by atoms with E-state index in [-0.39, 0.29) is 6.04 Å². The monoisotopic (exact) mass is 263 g/mol. The molecule has 0 saturated heterocycles. The van der Waals surface area contributed by atoms with Crippen LogP contribution < -0.4 is 11.3 Å². The number of nitrogens with one attached hydrogen (secondary N) is 1. The maximum Gasteiger partial charge on any atom is 0.0705 e. The zero-order valence-electron chi connectivity index (χ0n) is 11.2. The molecule has 0 aliphatic heterocycles. The molecule has 2 aromatic carbocycles. The SMILES string of the molecule is NNC(Cc1ccccc1)c1ccnc2ccccc12. The van der Waals surface area contributed by atoms with Gasteiger partial charge in [0.15, 0.2) is 0 Å². The van der Waals surface area contributed by atoms with E-state index in [1.54, 1.807) is 0 Å². The van der Waals surface area contributed by atoms with Crippen LogP contribution in [-0.4, -0.2) is 4.98 Å². The van der Waals surface area contributed by atoms with Gasteiger partial charge >= 0.3 is 0 Å². The first-order valence-corrected chi connectivity index (χ1v) is 6.72. The number of aromatic nitrogens is 1. The van der Waals surface area contributed by atoms with E-state index >= 15 is 0 Å². The van der Waals surface area contributed by atoms with Crippen LogP contribution >= 0.6 is 0 Å². The minimum absolute atomic E-state index is 0.0744. The van der Waals surface area contributed by atoms with Crippen molar-refractivity contribution in [2.45, 2.75) is 12.5 Å². The summed E-state index contributed by atoms with van der Waals surface area (Å²) in [5, 5.41) is 1.15. The molecule has 3 heteroatoms. The van der Waals surface area contributed by atoms with Gasteiger partial charge in [0.05, 0.1) is 11.6 Å². The van der Waals surface area contributed by atoms with Crippen molar-refractivity contribution in [2.75, 3.05) is 0 Å². The molecule has 0 bridgehead atoms. The van der Waals surface area contributed by atoms with E-state index < -0.39 is 0 Å². The number of para-hydroxylation sites is 1. The summed E-state index contributed by atoms with van der Waals surface area (Å²) in [4.78, 5) is 4.40. The average Bonchev–Trinajstić information content (AvgIpc) is 2.53. The first-order valence-electron chi connectivity index (χ1n) is 6.72. The summed E-state index contributed by atoms with van der Waals surface area (Å²) in [6.45, 7) is 0. The van der Waals surface area contributed by atoms with Gasteiger partial charge in [-0.3, -0.25) is 16.3 Å². The number of hydrogen-bond donors (Lipinski definition) is 2. The van der Waals surface area contributed by atoms with Gasteiger partial charge in [-0.15, -0.1) is 0 Å². The van der Waals surface area contributed by atoms with Gasteiger partial charge < -0.3 is 0 Å². The highest BCUT2D eigenvalue weighted by molar-refractivity contribution is 5.82. The normalized spacial score (nSPS) is 12.4. The van der Waals surface area contributed by atoms with Crippen molar-refractivity contribution in [2.24, 2.45) is 5.84 Å². The highest BCUT2D eigenvalue weighted by Crippen LogP contribution is 2.24. The molecule has 0 aliphatic carbocycles. The van der Waals surface area contributed by atoms with Gasteiger partial charge in [0.2, 0.25) is 0 Å². The number of hydrazine groups is 1. The Labute approximate surface area is 118 Å². The third-order valence-electron chi connectivity index (χ3n) is 3.54. The van der Waals surface area contributed by atoms with E-state index in [1.165, 1.54) is 11.1 Å². The predicted molar refractivity (Wildman–Crippen MR) is 82.0 cm³/mol. The number of benzene rings is 2. The van der Waals surface area contributed by atoms with Gasteiger partial charge in [-0.25, -0.2) is 0 Å². The van der Waals surface area contributed by atoms with Crippen LogP contribution in [0.5, 0.6) is 0 Å². The summed E-state index contributed by atoms with van der Waals surface area (Å²) < 4.78 is 0. The van der Waals surface area contributed by atoms with Gasteiger partial charge in [-0.05, 0) is 29.7 Å². The Morgan fingerprint density at radius 3 is 2.50 bits per heavy atom. The topological polar surface area (TPSA) is 50.9 Å². The van der Waals surface area contributed by atoms with Crippen molar-refractivity contribution in [3.05, 3.63) is 78.0 Å². The Morgan fingerprint density at radius 1 is 0.950 bits per heavy atom. The maximum absolute atomic E-state index is 5.77. The van der Waals surface area contributed by atoms with E-state index in [2.05, 4.69) is 28.6 Å². The van der Waals surface area contributed by atoms with Crippen molar-refractivity contribution in [1.82, 2.24) is 10.4 Å². The fourth-order valence-electron chi connectivity index (χ4n) is 2.53. The van der Waals surface area contributed by atoms with Crippen molar-refractivity contribution in [3.63, 3.8) is 0 Å². The lowest BCUT2D eigenvalue weighted by atomic mass is 9.96. The van der Waals surface area contributed by atoms with Gasteiger partial charge in [-0.2, -0.15) is 0 Å². The summed E-state index contributed by atoms with van der Waals surface area (Å²) >= 11 is 0. The number of hydrogen-bond acceptors (Lipinski definition) is 3. The summed E-state index contributed by atoms with van der Waals surface area (Å²) in [5.41, 5.74) is 6.37. The Kier molecular flexibility index (Phi) is 3.72. The number of nitrogens with two attached hydrogens (primary N) is 1. The van der Waals surface area contributed by atoms with Crippen LogP contribution in [0.25, 0.3) is 10.9 Å². The second-order valence-electron chi connectivity index (χ2n) is 4.83. The van der Waals surface area contributed by atoms with Gasteiger partial charge in [0.25, 0.3) is 0 Å². The number of fused-ring (bicyclic) bond motifs is 1.